The molecule has 0 radical (unpaired) electrons. The van der Waals surface area contributed by atoms with E-state index < -0.39 is 9.84 Å². The standard InChI is InChI=1S/C28H40N2O4S/c1-5-7-18-29(17-6-2)19-15-28(23-11-9-8-10-12-23)16-20-30(22-28)27(31)25-21-24(35(4,32)33)13-14-26(25)34-3/h8-14,21H,5-7,15-20,22H2,1-4H3. The molecule has 0 spiro atoms. The zero-order valence-electron chi connectivity index (χ0n) is 21.6. The van der Waals surface area contributed by atoms with E-state index in [1.165, 1.54) is 37.6 Å². The van der Waals surface area contributed by atoms with Crippen molar-refractivity contribution in [1.82, 2.24) is 9.80 Å². The first kappa shape index (κ1) is 27.2. The Labute approximate surface area is 211 Å². The van der Waals surface area contributed by atoms with Crippen molar-refractivity contribution in [2.24, 2.45) is 0 Å². The number of nitrogens with zero attached hydrogens (tertiary/aromatic N) is 2. The van der Waals surface area contributed by atoms with E-state index in [-0.39, 0.29) is 16.2 Å². The maximum absolute atomic E-state index is 13.6. The van der Waals surface area contributed by atoms with E-state index in [1.807, 2.05) is 11.0 Å². The fourth-order valence-electron chi connectivity index (χ4n) is 5.08. The minimum atomic E-state index is -3.44. The molecule has 1 heterocycles. The zero-order chi connectivity index (χ0) is 25.5. The second kappa shape index (κ2) is 12.0. The van der Waals surface area contributed by atoms with Crippen LogP contribution >= 0.6 is 0 Å². The van der Waals surface area contributed by atoms with Crippen LogP contribution in [0.25, 0.3) is 0 Å². The van der Waals surface area contributed by atoms with E-state index in [2.05, 4.69) is 43.0 Å². The number of likely N-dealkylation sites (tertiary alicyclic amines) is 1. The molecule has 0 aromatic heterocycles. The van der Waals surface area contributed by atoms with Gasteiger partial charge in [-0.25, -0.2) is 8.42 Å². The van der Waals surface area contributed by atoms with Crippen LogP contribution in [0.2, 0.25) is 0 Å². The lowest BCUT2D eigenvalue weighted by Gasteiger charge is -2.33. The van der Waals surface area contributed by atoms with Crippen molar-refractivity contribution in [2.45, 2.75) is 56.3 Å². The molecular formula is C28H40N2O4S. The minimum Gasteiger partial charge on any atom is -0.496 e. The van der Waals surface area contributed by atoms with Crippen molar-refractivity contribution < 1.29 is 17.9 Å². The van der Waals surface area contributed by atoms with Crippen LogP contribution in [0.5, 0.6) is 5.75 Å². The summed E-state index contributed by atoms with van der Waals surface area (Å²) in [5.74, 6) is 0.217. The summed E-state index contributed by atoms with van der Waals surface area (Å²) in [6, 6.07) is 15.0. The predicted octanol–water partition coefficient (Wildman–Crippen LogP) is 4.78. The van der Waals surface area contributed by atoms with Crippen LogP contribution in [0.4, 0.5) is 0 Å². The summed E-state index contributed by atoms with van der Waals surface area (Å²) in [7, 11) is -1.93. The molecule has 3 rings (SSSR count). The van der Waals surface area contributed by atoms with Crippen LogP contribution in [0.1, 0.15) is 61.9 Å². The average molecular weight is 501 g/mol. The predicted molar refractivity (Wildman–Crippen MR) is 141 cm³/mol. The molecule has 0 bridgehead atoms. The first-order chi connectivity index (χ1) is 16.7. The summed E-state index contributed by atoms with van der Waals surface area (Å²) in [4.78, 5) is 18.2. The molecule has 1 atom stereocenters. The summed E-state index contributed by atoms with van der Waals surface area (Å²) in [6.45, 7) is 8.87. The third kappa shape index (κ3) is 6.64. The highest BCUT2D eigenvalue weighted by Gasteiger charge is 2.42. The monoisotopic (exact) mass is 500 g/mol. The Morgan fingerprint density at radius 2 is 1.80 bits per heavy atom. The molecule has 0 aliphatic carbocycles. The van der Waals surface area contributed by atoms with Gasteiger partial charge in [-0.1, -0.05) is 50.6 Å². The average Bonchev–Trinajstić information content (AvgIpc) is 3.30. The van der Waals surface area contributed by atoms with E-state index in [4.69, 9.17) is 4.74 Å². The molecule has 0 saturated carbocycles. The molecule has 6 nitrogen and oxygen atoms in total. The highest BCUT2D eigenvalue weighted by molar-refractivity contribution is 7.90. The number of methoxy groups -OCH3 is 1. The Bertz CT molecular complexity index is 1090. The van der Waals surface area contributed by atoms with Crippen molar-refractivity contribution >= 4 is 15.7 Å². The fourth-order valence-corrected chi connectivity index (χ4v) is 5.73. The fraction of sp³-hybridized carbons (Fsp3) is 0.536. The summed E-state index contributed by atoms with van der Waals surface area (Å²) in [6.07, 6.45) is 6.51. The smallest absolute Gasteiger partial charge is 0.257 e. The van der Waals surface area contributed by atoms with Gasteiger partial charge in [0, 0.05) is 24.8 Å². The summed E-state index contributed by atoms with van der Waals surface area (Å²) in [5.41, 5.74) is 1.44. The number of benzene rings is 2. The first-order valence-electron chi connectivity index (χ1n) is 12.7. The lowest BCUT2D eigenvalue weighted by atomic mass is 9.76. The van der Waals surface area contributed by atoms with Crippen LogP contribution < -0.4 is 4.74 Å². The normalized spacial score (nSPS) is 18.3. The maximum atomic E-state index is 13.6. The first-order valence-corrected chi connectivity index (χ1v) is 14.6. The van der Waals surface area contributed by atoms with E-state index in [1.54, 1.807) is 6.07 Å². The van der Waals surface area contributed by atoms with Gasteiger partial charge >= 0.3 is 0 Å². The van der Waals surface area contributed by atoms with Gasteiger partial charge in [-0.15, -0.1) is 0 Å². The van der Waals surface area contributed by atoms with Gasteiger partial charge in [0.25, 0.3) is 5.91 Å². The minimum absolute atomic E-state index is 0.126. The van der Waals surface area contributed by atoms with Gasteiger partial charge in [-0.2, -0.15) is 0 Å². The summed E-state index contributed by atoms with van der Waals surface area (Å²) >= 11 is 0. The van der Waals surface area contributed by atoms with Crippen molar-refractivity contribution in [3.05, 3.63) is 59.7 Å². The number of carbonyl (C=O) groups is 1. The van der Waals surface area contributed by atoms with E-state index in [0.717, 1.165) is 45.2 Å². The quantitative estimate of drug-likeness (QED) is 0.419. The maximum Gasteiger partial charge on any atom is 0.257 e. The van der Waals surface area contributed by atoms with E-state index >= 15 is 0 Å². The second-order valence-corrected chi connectivity index (χ2v) is 11.7. The molecule has 192 valence electrons. The van der Waals surface area contributed by atoms with Gasteiger partial charge in [0.2, 0.25) is 0 Å². The van der Waals surface area contributed by atoms with Gasteiger partial charge in [0.05, 0.1) is 17.6 Å². The van der Waals surface area contributed by atoms with Gasteiger partial charge < -0.3 is 14.5 Å². The molecule has 1 fully saturated rings. The number of carbonyl (C=O) groups excluding carboxylic acids is 1. The Balaban J connectivity index is 1.88. The van der Waals surface area contributed by atoms with Crippen LogP contribution in [0.15, 0.2) is 53.4 Å². The second-order valence-electron chi connectivity index (χ2n) is 9.70. The molecule has 1 aliphatic rings. The van der Waals surface area contributed by atoms with Gasteiger partial charge in [-0.3, -0.25) is 4.79 Å². The Morgan fingerprint density at radius 1 is 1.06 bits per heavy atom. The molecule has 1 saturated heterocycles. The summed E-state index contributed by atoms with van der Waals surface area (Å²) in [5, 5.41) is 0. The number of rotatable bonds is 12. The topological polar surface area (TPSA) is 66.9 Å². The number of hydrogen-bond donors (Lipinski definition) is 0. The third-order valence-electron chi connectivity index (χ3n) is 7.13. The summed E-state index contributed by atoms with van der Waals surface area (Å²) < 4.78 is 29.7. The highest BCUT2D eigenvalue weighted by Crippen LogP contribution is 2.39. The number of ether oxygens (including phenoxy) is 1. The molecule has 2 aromatic rings. The van der Waals surface area contributed by atoms with Gasteiger partial charge in [0.1, 0.15) is 5.75 Å². The third-order valence-corrected chi connectivity index (χ3v) is 8.24. The number of sulfone groups is 1. The Kier molecular flexibility index (Phi) is 9.36. The Hall–Kier alpha value is -2.38. The van der Waals surface area contributed by atoms with Crippen LogP contribution in [0.3, 0.4) is 0 Å². The van der Waals surface area contributed by atoms with Crippen LogP contribution in [-0.2, 0) is 15.3 Å². The molecule has 7 heteroatoms. The largest absolute Gasteiger partial charge is 0.496 e. The van der Waals surface area contributed by atoms with Crippen molar-refractivity contribution in [2.75, 3.05) is 46.1 Å². The van der Waals surface area contributed by atoms with E-state index in [9.17, 15) is 13.2 Å². The SMILES string of the molecule is CCCCN(CCC)CCC1(c2ccccc2)CCN(C(=O)c2cc(S(C)(=O)=O)ccc2OC)C1. The molecule has 1 aliphatic heterocycles. The molecule has 2 aromatic carbocycles. The molecule has 1 unspecified atom stereocenters. The number of hydrogen-bond acceptors (Lipinski definition) is 5. The molecule has 1 amide bonds. The number of unbranched alkanes of at least 4 members (excludes halogenated alkanes) is 1. The lowest BCUT2D eigenvalue weighted by molar-refractivity contribution is 0.0777. The molecule has 0 N–H and O–H groups in total. The van der Waals surface area contributed by atoms with Gasteiger partial charge in [0.15, 0.2) is 9.84 Å². The van der Waals surface area contributed by atoms with Crippen molar-refractivity contribution in [1.29, 1.82) is 0 Å². The zero-order valence-corrected chi connectivity index (χ0v) is 22.4. The van der Waals surface area contributed by atoms with E-state index in [0.29, 0.717) is 24.4 Å². The van der Waals surface area contributed by atoms with Crippen molar-refractivity contribution in [3.8, 4) is 5.75 Å². The van der Waals surface area contributed by atoms with Gasteiger partial charge in [-0.05, 0) is 69.1 Å². The highest BCUT2D eigenvalue weighted by atomic mass is 32.2. The lowest BCUT2D eigenvalue weighted by Crippen LogP contribution is -2.38. The van der Waals surface area contributed by atoms with Crippen LogP contribution in [0, 0.1) is 0 Å². The molecule has 35 heavy (non-hydrogen) atoms. The Morgan fingerprint density at radius 3 is 2.43 bits per heavy atom. The van der Waals surface area contributed by atoms with Crippen molar-refractivity contribution in [3.63, 3.8) is 0 Å². The van der Waals surface area contributed by atoms with Crippen LogP contribution in [-0.4, -0.2) is 70.2 Å². The molecular weight excluding hydrogens is 460 g/mol. The number of amides is 1.